The third-order valence-corrected chi connectivity index (χ3v) is 2.47. The second kappa shape index (κ2) is 4.03. The third-order valence-electron chi connectivity index (χ3n) is 2.47. The number of rotatable bonds is 3. The summed E-state index contributed by atoms with van der Waals surface area (Å²) in [7, 11) is 5.91. The molecule has 69 valence electrons. The number of hydrogen-bond acceptors (Lipinski definition) is 3. The van der Waals surface area contributed by atoms with Gasteiger partial charge in [0.25, 0.3) is 0 Å². The molecule has 0 saturated heterocycles. The van der Waals surface area contributed by atoms with Crippen LogP contribution in [-0.2, 0) is 0 Å². The zero-order valence-corrected chi connectivity index (χ0v) is 8.02. The molecular weight excluding hydrogens is 150 g/mol. The van der Waals surface area contributed by atoms with Gasteiger partial charge in [-0.3, -0.25) is 0 Å². The Balaban J connectivity index is 2.63. The van der Waals surface area contributed by atoms with Crippen LogP contribution in [0.25, 0.3) is 0 Å². The summed E-state index contributed by atoms with van der Waals surface area (Å²) in [5.74, 6) is 0. The van der Waals surface area contributed by atoms with Crippen molar-refractivity contribution in [1.82, 2.24) is 16.0 Å². The fourth-order valence-electron chi connectivity index (χ4n) is 1.51. The van der Waals surface area contributed by atoms with Gasteiger partial charge in [-0.25, -0.2) is 0 Å². The number of likely N-dealkylation sites (N-methyl/N-ethyl adjacent to an activating group) is 1. The minimum Gasteiger partial charge on any atom is -0.313 e. The first-order valence-corrected chi connectivity index (χ1v) is 4.34. The molecule has 0 heterocycles. The van der Waals surface area contributed by atoms with Gasteiger partial charge in [-0.15, -0.1) is 0 Å². The van der Waals surface area contributed by atoms with Gasteiger partial charge >= 0.3 is 0 Å². The summed E-state index contributed by atoms with van der Waals surface area (Å²) in [6.45, 7) is 0. The minimum absolute atomic E-state index is 0.0393. The van der Waals surface area contributed by atoms with E-state index >= 15 is 0 Å². The Bertz CT molecular complexity index is 161. The van der Waals surface area contributed by atoms with Crippen LogP contribution in [0.1, 0.15) is 6.42 Å². The van der Waals surface area contributed by atoms with E-state index < -0.39 is 0 Å². The van der Waals surface area contributed by atoms with Crippen LogP contribution in [0.4, 0.5) is 0 Å². The van der Waals surface area contributed by atoms with Crippen LogP contribution in [0.3, 0.4) is 0 Å². The Morgan fingerprint density at radius 1 is 1.25 bits per heavy atom. The molecule has 0 saturated carbocycles. The summed E-state index contributed by atoms with van der Waals surface area (Å²) >= 11 is 0. The second-order valence-corrected chi connectivity index (χ2v) is 3.08. The smallest absolute Gasteiger partial charge is 0.0769 e. The van der Waals surface area contributed by atoms with Crippen LogP contribution in [0.2, 0.25) is 0 Å². The highest BCUT2D eigenvalue weighted by Gasteiger charge is 2.30. The monoisotopic (exact) mass is 168 g/mol. The molecule has 1 aliphatic rings. The van der Waals surface area contributed by atoms with Crippen LogP contribution in [-0.4, -0.2) is 32.8 Å². The molecule has 3 heteroatoms. The lowest BCUT2D eigenvalue weighted by atomic mass is 9.91. The van der Waals surface area contributed by atoms with E-state index in [1.165, 1.54) is 0 Å². The van der Waals surface area contributed by atoms with E-state index in [0.717, 1.165) is 6.42 Å². The summed E-state index contributed by atoms with van der Waals surface area (Å²) in [6, 6.07) is 0.360. The molecule has 3 N–H and O–H groups in total. The van der Waals surface area contributed by atoms with Crippen LogP contribution >= 0.6 is 0 Å². The van der Waals surface area contributed by atoms with Crippen molar-refractivity contribution in [3.63, 3.8) is 0 Å². The Labute approximate surface area is 74.6 Å². The first-order valence-electron chi connectivity index (χ1n) is 4.34. The molecule has 1 unspecified atom stereocenters. The van der Waals surface area contributed by atoms with Gasteiger partial charge in [0.05, 0.1) is 5.66 Å². The lowest BCUT2D eigenvalue weighted by molar-refractivity contribution is 0.322. The van der Waals surface area contributed by atoms with Gasteiger partial charge in [-0.2, -0.15) is 0 Å². The molecule has 0 aromatic rings. The maximum absolute atomic E-state index is 3.27. The van der Waals surface area contributed by atoms with Gasteiger partial charge in [-0.1, -0.05) is 12.2 Å². The van der Waals surface area contributed by atoms with Gasteiger partial charge in [0.1, 0.15) is 0 Å². The summed E-state index contributed by atoms with van der Waals surface area (Å²) in [4.78, 5) is 0. The van der Waals surface area contributed by atoms with E-state index in [9.17, 15) is 0 Å². The summed E-state index contributed by atoms with van der Waals surface area (Å²) in [5.41, 5.74) is -0.0393. The molecule has 0 aromatic heterocycles. The third kappa shape index (κ3) is 1.86. The maximum atomic E-state index is 3.27. The minimum atomic E-state index is -0.0393. The van der Waals surface area contributed by atoms with Gasteiger partial charge < -0.3 is 16.0 Å². The summed E-state index contributed by atoms with van der Waals surface area (Å²) in [6.07, 6.45) is 7.60. The average molecular weight is 168 g/mol. The normalized spacial score (nSPS) is 27.4. The average Bonchev–Trinajstić information content (AvgIpc) is 2.18. The predicted octanol–water partition coefficient (Wildman–Crippen LogP) is -0.126. The van der Waals surface area contributed by atoms with E-state index in [-0.39, 0.29) is 5.66 Å². The fourth-order valence-corrected chi connectivity index (χ4v) is 1.51. The van der Waals surface area contributed by atoms with E-state index in [1.54, 1.807) is 0 Å². The molecule has 1 radical (unpaired) electrons. The van der Waals surface area contributed by atoms with E-state index in [0.29, 0.717) is 6.04 Å². The number of hydrogen-bond donors (Lipinski definition) is 3. The van der Waals surface area contributed by atoms with Gasteiger partial charge in [0.15, 0.2) is 0 Å². The fraction of sp³-hybridized carbons (Fsp3) is 0.667. The topological polar surface area (TPSA) is 36.1 Å². The standard InChI is InChI=1S/C9H18N3/c1-10-8-5-4-6-9(7-8,11-2)12-3/h4-5,7-8,10-12H,6H2,1-3H3. The zero-order valence-electron chi connectivity index (χ0n) is 8.02. The van der Waals surface area contributed by atoms with Crippen molar-refractivity contribution < 1.29 is 0 Å². The van der Waals surface area contributed by atoms with E-state index in [1.807, 2.05) is 21.1 Å². The first kappa shape index (κ1) is 9.71. The first-order chi connectivity index (χ1) is 5.76. The van der Waals surface area contributed by atoms with Crippen molar-refractivity contribution in [1.29, 1.82) is 0 Å². The lowest BCUT2D eigenvalue weighted by Crippen LogP contribution is -2.58. The van der Waals surface area contributed by atoms with Crippen LogP contribution in [0, 0.1) is 6.42 Å². The van der Waals surface area contributed by atoms with Crippen LogP contribution in [0.5, 0.6) is 0 Å². The van der Waals surface area contributed by atoms with Crippen LogP contribution in [0.15, 0.2) is 12.2 Å². The molecule has 1 rings (SSSR count). The molecule has 0 aromatic carbocycles. The maximum Gasteiger partial charge on any atom is 0.0769 e. The second-order valence-electron chi connectivity index (χ2n) is 3.08. The molecule has 1 atom stereocenters. The summed E-state index contributed by atoms with van der Waals surface area (Å²) in [5, 5.41) is 9.75. The van der Waals surface area contributed by atoms with Crippen molar-refractivity contribution in [2.75, 3.05) is 21.1 Å². The van der Waals surface area contributed by atoms with Crippen molar-refractivity contribution >= 4 is 0 Å². The molecule has 0 aliphatic heterocycles. The molecule has 3 nitrogen and oxygen atoms in total. The van der Waals surface area contributed by atoms with Crippen LogP contribution < -0.4 is 16.0 Å². The van der Waals surface area contributed by atoms with Crippen molar-refractivity contribution in [2.45, 2.75) is 18.1 Å². The molecular formula is C9H18N3. The largest absolute Gasteiger partial charge is 0.313 e. The lowest BCUT2D eigenvalue weighted by Gasteiger charge is -2.37. The SMILES string of the molecule is CNC1[CH]C(NC)(NC)CC=C1. The van der Waals surface area contributed by atoms with Gasteiger partial charge in [0, 0.05) is 12.5 Å². The highest BCUT2D eigenvalue weighted by Crippen LogP contribution is 2.18. The predicted molar refractivity (Wildman–Crippen MR) is 51.8 cm³/mol. The molecule has 0 amide bonds. The molecule has 1 aliphatic carbocycles. The molecule has 0 bridgehead atoms. The van der Waals surface area contributed by atoms with E-state index in [2.05, 4.69) is 34.5 Å². The van der Waals surface area contributed by atoms with Gasteiger partial charge in [0.2, 0.25) is 0 Å². The summed E-state index contributed by atoms with van der Waals surface area (Å²) < 4.78 is 0. The Kier molecular flexibility index (Phi) is 3.26. The number of nitrogens with one attached hydrogen (secondary N) is 3. The Hall–Kier alpha value is -0.380. The van der Waals surface area contributed by atoms with E-state index in [4.69, 9.17) is 0 Å². The highest BCUT2D eigenvalue weighted by atomic mass is 15.2. The van der Waals surface area contributed by atoms with Crippen molar-refractivity contribution in [3.8, 4) is 0 Å². The Morgan fingerprint density at radius 3 is 2.42 bits per heavy atom. The molecule has 0 spiro atoms. The highest BCUT2D eigenvalue weighted by molar-refractivity contribution is 5.18. The van der Waals surface area contributed by atoms with Gasteiger partial charge in [-0.05, 0) is 27.6 Å². The van der Waals surface area contributed by atoms with Crippen molar-refractivity contribution in [3.05, 3.63) is 18.6 Å². The van der Waals surface area contributed by atoms with Crippen molar-refractivity contribution in [2.24, 2.45) is 0 Å². The molecule has 12 heavy (non-hydrogen) atoms. The quantitative estimate of drug-likeness (QED) is 0.406. The zero-order chi connectivity index (χ0) is 9.03. The molecule has 0 fully saturated rings. The Morgan fingerprint density at radius 2 is 1.92 bits per heavy atom.